The Labute approximate surface area is 222 Å². The highest BCUT2D eigenvalue weighted by Crippen LogP contribution is 2.52. The Balaban J connectivity index is 1.36. The molecule has 1 aliphatic carbocycles. The molecule has 0 saturated heterocycles. The number of fused-ring (bicyclic) bond motifs is 7. The summed E-state index contributed by atoms with van der Waals surface area (Å²) in [5, 5.41) is 0. The zero-order valence-electron chi connectivity index (χ0n) is 21.6. The molecule has 0 spiro atoms. The number of likely N-dealkylation sites (N-methyl/N-ethyl adjacent to an activating group) is 1. The minimum atomic E-state index is 0.121. The topological polar surface area (TPSA) is 39.9 Å². The molecule has 0 aromatic heterocycles. The first-order valence-corrected chi connectivity index (χ1v) is 12.8. The largest absolute Gasteiger partial charge is 0.493 e. The molecule has 2 heterocycles. The molecule has 2 atom stereocenters. The van der Waals surface area contributed by atoms with E-state index in [4.69, 9.17) is 18.9 Å². The van der Waals surface area contributed by atoms with Crippen LogP contribution in [0.5, 0.6) is 23.0 Å². The van der Waals surface area contributed by atoms with Crippen molar-refractivity contribution in [1.82, 2.24) is 0 Å². The maximum Gasteiger partial charge on any atom is 0.231 e. The number of hydrogen-bond donors (Lipinski definition) is 0. The summed E-state index contributed by atoms with van der Waals surface area (Å²) in [7, 11) is 5.48. The quantitative estimate of drug-likeness (QED) is 0.292. The normalized spacial score (nSPS) is 18.2. The fourth-order valence-electron chi connectivity index (χ4n) is 6.05. The predicted octanol–water partition coefficient (Wildman–Crippen LogP) is 6.69. The summed E-state index contributed by atoms with van der Waals surface area (Å²) in [5.74, 6) is 3.25. The minimum absolute atomic E-state index is 0.121. The molecular weight excluding hydrogens is 474 g/mol. The number of rotatable bonds is 4. The number of benzene rings is 4. The zero-order valence-corrected chi connectivity index (χ0v) is 21.6. The van der Waals surface area contributed by atoms with Crippen molar-refractivity contribution in [2.75, 3.05) is 28.1 Å². The molecule has 4 aromatic rings. The first-order chi connectivity index (χ1) is 18.7. The molecule has 0 saturated carbocycles. The molecule has 4 aromatic carbocycles. The van der Waals surface area contributed by atoms with E-state index in [0.29, 0.717) is 0 Å². The van der Waals surface area contributed by atoms with Gasteiger partial charge in [-0.2, -0.15) is 0 Å². The molecule has 5 heteroatoms. The second-order valence-electron chi connectivity index (χ2n) is 9.90. The van der Waals surface area contributed by atoms with Gasteiger partial charge in [-0.25, -0.2) is 4.58 Å². The number of methoxy groups -OCH3 is 2. The van der Waals surface area contributed by atoms with E-state index < -0.39 is 0 Å². The van der Waals surface area contributed by atoms with Crippen LogP contribution in [0, 0.1) is 0 Å². The first-order valence-electron chi connectivity index (χ1n) is 12.8. The van der Waals surface area contributed by atoms with Crippen molar-refractivity contribution in [2.45, 2.75) is 12.0 Å². The third-order valence-corrected chi connectivity index (χ3v) is 7.88. The summed E-state index contributed by atoms with van der Waals surface area (Å²) in [6.07, 6.45) is 6.68. The van der Waals surface area contributed by atoms with Gasteiger partial charge in [-0.05, 0) is 46.0 Å². The number of nitrogens with zero attached hydrogens (tertiary/aromatic N) is 1. The lowest BCUT2D eigenvalue weighted by Gasteiger charge is -2.32. The maximum absolute atomic E-state index is 6.08. The summed E-state index contributed by atoms with van der Waals surface area (Å²) < 4.78 is 25.6. The van der Waals surface area contributed by atoms with Crippen LogP contribution < -0.4 is 18.9 Å². The molecular formula is C33H28NO4+. The molecule has 7 rings (SSSR count). The fraction of sp³-hybridized carbons (Fsp3) is 0.182. The highest BCUT2D eigenvalue weighted by Gasteiger charge is 2.42. The molecule has 0 amide bonds. The van der Waals surface area contributed by atoms with Gasteiger partial charge >= 0.3 is 0 Å². The van der Waals surface area contributed by atoms with Crippen molar-refractivity contribution in [1.29, 1.82) is 0 Å². The molecule has 38 heavy (non-hydrogen) atoms. The van der Waals surface area contributed by atoms with Gasteiger partial charge in [0.2, 0.25) is 6.79 Å². The molecule has 3 aliphatic rings. The summed E-state index contributed by atoms with van der Waals surface area (Å²) >= 11 is 0. The third-order valence-electron chi connectivity index (χ3n) is 7.88. The molecule has 5 nitrogen and oxygen atoms in total. The van der Waals surface area contributed by atoms with Crippen LogP contribution in [0.1, 0.15) is 34.2 Å². The van der Waals surface area contributed by atoms with Gasteiger partial charge < -0.3 is 18.9 Å². The average molecular weight is 503 g/mol. The molecule has 0 radical (unpaired) electrons. The molecule has 0 fully saturated rings. The standard InChI is InChI=1S/C33H28NO4/c1-34-18-28-27(24-14-13-23-15-29(35-2)30(36-3)17-25(23)31(24)34)16-26(32-33(28)38-19-37-32)22-11-9-21(10-12-22)20-7-5-4-6-8-20/h4-18,24,31H,19H2,1-3H3/q+1. The second-order valence-corrected chi connectivity index (χ2v) is 9.90. The van der Waals surface area contributed by atoms with E-state index in [1.807, 2.05) is 6.07 Å². The summed E-state index contributed by atoms with van der Waals surface area (Å²) in [4.78, 5) is 0. The Hall–Kier alpha value is -4.51. The van der Waals surface area contributed by atoms with Crippen molar-refractivity contribution in [2.24, 2.45) is 0 Å². The van der Waals surface area contributed by atoms with Crippen LogP contribution in [0.25, 0.3) is 28.3 Å². The van der Waals surface area contributed by atoms with Crippen LogP contribution in [0.4, 0.5) is 0 Å². The number of ether oxygens (including phenoxy) is 4. The summed E-state index contributed by atoms with van der Waals surface area (Å²) in [6, 6.07) is 25.7. The lowest BCUT2D eigenvalue weighted by molar-refractivity contribution is -0.544. The third kappa shape index (κ3) is 3.42. The van der Waals surface area contributed by atoms with E-state index in [2.05, 4.69) is 96.7 Å². The van der Waals surface area contributed by atoms with Gasteiger partial charge in [-0.15, -0.1) is 0 Å². The Morgan fingerprint density at radius 2 is 1.45 bits per heavy atom. The molecule has 0 N–H and O–H groups in total. The summed E-state index contributed by atoms with van der Waals surface area (Å²) in [5.41, 5.74) is 9.22. The molecule has 2 aliphatic heterocycles. The fourth-order valence-corrected chi connectivity index (χ4v) is 6.05. The SMILES string of the molecule is COc1cc2c(cc1OC)C1C(C=C2)c2cc(-c3ccc(-c4ccccc4)cc3)c3c(c2C=[N+]1C)OCO3. The van der Waals surface area contributed by atoms with Gasteiger partial charge in [-0.1, -0.05) is 66.7 Å². The average Bonchev–Trinajstić information content (AvgIpc) is 3.47. The highest BCUT2D eigenvalue weighted by molar-refractivity contribution is 5.91. The van der Waals surface area contributed by atoms with Crippen molar-refractivity contribution >= 4 is 12.3 Å². The van der Waals surface area contributed by atoms with E-state index in [0.717, 1.165) is 45.3 Å². The van der Waals surface area contributed by atoms with E-state index in [1.165, 1.54) is 22.3 Å². The summed E-state index contributed by atoms with van der Waals surface area (Å²) in [6.45, 7) is 0.224. The van der Waals surface area contributed by atoms with Gasteiger partial charge in [0.25, 0.3) is 0 Å². The van der Waals surface area contributed by atoms with Crippen molar-refractivity contribution in [3.8, 4) is 45.3 Å². The monoisotopic (exact) mass is 502 g/mol. The van der Waals surface area contributed by atoms with Crippen LogP contribution in [-0.2, 0) is 0 Å². The lowest BCUT2D eigenvalue weighted by Crippen LogP contribution is -2.30. The Bertz CT molecular complexity index is 1620. The van der Waals surface area contributed by atoms with E-state index in [1.54, 1.807) is 14.2 Å². The Kier molecular flexibility index (Phi) is 5.25. The van der Waals surface area contributed by atoms with Crippen molar-refractivity contribution < 1.29 is 23.5 Å². The van der Waals surface area contributed by atoms with Crippen LogP contribution in [0.3, 0.4) is 0 Å². The first kappa shape index (κ1) is 22.7. The predicted molar refractivity (Wildman–Crippen MR) is 149 cm³/mol. The van der Waals surface area contributed by atoms with Gasteiger partial charge in [0.15, 0.2) is 35.3 Å². The smallest absolute Gasteiger partial charge is 0.231 e. The van der Waals surface area contributed by atoms with Gasteiger partial charge in [-0.3, -0.25) is 0 Å². The maximum atomic E-state index is 6.08. The highest BCUT2D eigenvalue weighted by atomic mass is 16.7. The van der Waals surface area contributed by atoms with E-state index in [-0.39, 0.29) is 18.8 Å². The molecule has 2 unspecified atom stereocenters. The minimum Gasteiger partial charge on any atom is -0.493 e. The van der Waals surface area contributed by atoms with Gasteiger partial charge in [0.1, 0.15) is 7.05 Å². The van der Waals surface area contributed by atoms with Crippen LogP contribution in [0.15, 0.2) is 78.9 Å². The molecule has 188 valence electrons. The van der Waals surface area contributed by atoms with Gasteiger partial charge in [0.05, 0.1) is 25.7 Å². The Morgan fingerprint density at radius 3 is 2.21 bits per heavy atom. The lowest BCUT2D eigenvalue weighted by atomic mass is 9.76. The van der Waals surface area contributed by atoms with Crippen molar-refractivity contribution in [3.05, 3.63) is 101 Å². The molecule has 0 bridgehead atoms. The zero-order chi connectivity index (χ0) is 25.8. The van der Waals surface area contributed by atoms with Crippen molar-refractivity contribution in [3.63, 3.8) is 0 Å². The van der Waals surface area contributed by atoms with E-state index in [9.17, 15) is 0 Å². The van der Waals surface area contributed by atoms with Crippen LogP contribution in [-0.4, -0.2) is 38.9 Å². The number of hydrogen-bond acceptors (Lipinski definition) is 4. The van der Waals surface area contributed by atoms with Crippen LogP contribution >= 0.6 is 0 Å². The van der Waals surface area contributed by atoms with E-state index >= 15 is 0 Å². The van der Waals surface area contributed by atoms with Gasteiger partial charge in [0, 0.05) is 11.1 Å². The van der Waals surface area contributed by atoms with Crippen LogP contribution in [0.2, 0.25) is 0 Å². The second kappa shape index (κ2) is 8.80. The Morgan fingerprint density at radius 1 is 0.763 bits per heavy atom.